The molecule has 13 heteroatoms. The van der Waals surface area contributed by atoms with Crippen molar-refractivity contribution in [2.45, 2.75) is 38.3 Å². The highest BCUT2D eigenvalue weighted by molar-refractivity contribution is 5.93. The van der Waals surface area contributed by atoms with Crippen molar-refractivity contribution in [3.05, 3.63) is 59.2 Å². The van der Waals surface area contributed by atoms with Crippen LogP contribution in [-0.2, 0) is 33.2 Å². The highest BCUT2D eigenvalue weighted by Crippen LogP contribution is 2.39. The number of aliphatic carboxylic acids is 1. The monoisotopic (exact) mass is 536 g/mol. The number of rotatable bonds is 11. The molecule has 7 nitrogen and oxygen atoms in total. The van der Waals surface area contributed by atoms with Crippen molar-refractivity contribution < 1.29 is 50.5 Å². The third-order valence-electron chi connectivity index (χ3n) is 5.12. The SMILES string of the molecule is COCCN(CC(=O)Nc1ccc(C(F)(F)F)cc1C(F)(F)F)Cc1ccc(OC(C)(C)C(=O)O)cc1. The second-order valence-corrected chi connectivity index (χ2v) is 8.57. The molecular weight excluding hydrogens is 510 g/mol. The molecule has 0 unspecified atom stereocenters. The van der Waals surface area contributed by atoms with Crippen LogP contribution in [0.3, 0.4) is 0 Å². The minimum absolute atomic E-state index is 0.0480. The number of carboxylic acid groups (broad SMARTS) is 1. The Morgan fingerprint density at radius 2 is 1.59 bits per heavy atom. The molecule has 0 aliphatic rings. The van der Waals surface area contributed by atoms with Gasteiger partial charge in [0.15, 0.2) is 5.60 Å². The molecule has 0 spiro atoms. The summed E-state index contributed by atoms with van der Waals surface area (Å²) in [5.41, 5.74) is -4.68. The first-order valence-electron chi connectivity index (χ1n) is 10.8. The molecule has 2 N–H and O–H groups in total. The van der Waals surface area contributed by atoms with Crippen molar-refractivity contribution in [1.82, 2.24) is 4.90 Å². The topological polar surface area (TPSA) is 88.1 Å². The molecule has 2 aromatic carbocycles. The molecule has 0 saturated heterocycles. The van der Waals surface area contributed by atoms with Crippen molar-refractivity contribution >= 4 is 17.6 Å². The van der Waals surface area contributed by atoms with Gasteiger partial charge in [-0.05, 0) is 49.7 Å². The summed E-state index contributed by atoms with van der Waals surface area (Å²) >= 11 is 0. The number of anilines is 1. The Balaban J connectivity index is 2.15. The molecule has 0 heterocycles. The molecule has 0 fully saturated rings. The molecule has 0 aromatic heterocycles. The van der Waals surface area contributed by atoms with E-state index in [1.807, 2.05) is 5.32 Å². The van der Waals surface area contributed by atoms with Crippen LogP contribution in [0, 0.1) is 0 Å². The van der Waals surface area contributed by atoms with Crippen molar-refractivity contribution in [3.63, 3.8) is 0 Å². The highest BCUT2D eigenvalue weighted by Gasteiger charge is 2.38. The molecular formula is C24H26F6N2O5. The van der Waals surface area contributed by atoms with E-state index < -0.39 is 46.6 Å². The van der Waals surface area contributed by atoms with Crippen LogP contribution in [0.1, 0.15) is 30.5 Å². The van der Waals surface area contributed by atoms with Gasteiger partial charge in [0.1, 0.15) is 5.75 Å². The zero-order valence-corrected chi connectivity index (χ0v) is 20.2. The fourth-order valence-electron chi connectivity index (χ4n) is 3.15. The first-order chi connectivity index (χ1) is 17.0. The van der Waals surface area contributed by atoms with Crippen LogP contribution in [0.15, 0.2) is 42.5 Å². The Bertz CT molecular complexity index is 1080. The van der Waals surface area contributed by atoms with Gasteiger partial charge in [-0.1, -0.05) is 12.1 Å². The number of ether oxygens (including phenoxy) is 2. The quantitative estimate of drug-likeness (QED) is 0.391. The molecule has 2 rings (SSSR count). The first-order valence-corrected chi connectivity index (χ1v) is 10.8. The predicted octanol–water partition coefficient (Wildman–Crippen LogP) is 5.05. The summed E-state index contributed by atoms with van der Waals surface area (Å²) in [6, 6.07) is 7.31. The van der Waals surface area contributed by atoms with E-state index in [0.29, 0.717) is 23.4 Å². The second kappa shape index (κ2) is 11.8. The number of nitrogens with zero attached hydrogens (tertiary/aromatic N) is 1. The smallest absolute Gasteiger partial charge is 0.418 e. The van der Waals surface area contributed by atoms with Crippen LogP contribution in [0.2, 0.25) is 0 Å². The number of alkyl halides is 6. The zero-order chi connectivity index (χ0) is 28.0. The second-order valence-electron chi connectivity index (χ2n) is 8.57. The average molecular weight is 536 g/mol. The van der Waals surface area contributed by atoms with Crippen LogP contribution in [-0.4, -0.2) is 54.3 Å². The summed E-state index contributed by atoms with van der Waals surface area (Å²) in [5.74, 6) is -1.74. The molecule has 0 aliphatic carbocycles. The minimum atomic E-state index is -5.13. The number of hydrogen-bond donors (Lipinski definition) is 2. The molecule has 0 radical (unpaired) electrons. The summed E-state index contributed by atoms with van der Waals surface area (Å²) in [6.45, 7) is 2.96. The lowest BCUT2D eigenvalue weighted by Gasteiger charge is -2.23. The minimum Gasteiger partial charge on any atom is -0.478 e. The van der Waals surface area contributed by atoms with Gasteiger partial charge in [-0.15, -0.1) is 0 Å². The Kier molecular flexibility index (Phi) is 9.55. The summed E-state index contributed by atoms with van der Waals surface area (Å²) in [4.78, 5) is 25.3. The standard InChI is InChI=1S/C24H26F6N2O5/c1-22(2,21(34)35)37-17-7-4-15(5-8-17)13-32(10-11-36-3)14-20(33)31-19-9-6-16(23(25,26)27)12-18(19)24(28,29)30/h4-9,12H,10-11,13-14H2,1-3H3,(H,31,33)(H,34,35). The van der Waals surface area contributed by atoms with E-state index in [9.17, 15) is 35.9 Å². The fraction of sp³-hybridized carbons (Fsp3) is 0.417. The van der Waals surface area contributed by atoms with Gasteiger partial charge in [0.05, 0.1) is 30.0 Å². The van der Waals surface area contributed by atoms with E-state index in [-0.39, 0.29) is 32.3 Å². The van der Waals surface area contributed by atoms with Gasteiger partial charge < -0.3 is 19.9 Å². The summed E-state index contributed by atoms with van der Waals surface area (Å²) < 4.78 is 89.2. The largest absolute Gasteiger partial charge is 0.478 e. The van der Waals surface area contributed by atoms with Crippen LogP contribution >= 0.6 is 0 Å². The van der Waals surface area contributed by atoms with Gasteiger partial charge in [-0.2, -0.15) is 26.3 Å². The van der Waals surface area contributed by atoms with Gasteiger partial charge >= 0.3 is 18.3 Å². The number of carbonyl (C=O) groups excluding carboxylic acids is 1. The van der Waals surface area contributed by atoms with Crippen LogP contribution in [0.25, 0.3) is 0 Å². The number of carbonyl (C=O) groups is 2. The third kappa shape index (κ3) is 8.93. The number of nitrogens with one attached hydrogen (secondary N) is 1. The number of methoxy groups -OCH3 is 1. The Morgan fingerprint density at radius 1 is 0.973 bits per heavy atom. The van der Waals surface area contributed by atoms with Gasteiger partial charge in [-0.25, -0.2) is 4.79 Å². The molecule has 0 aliphatic heterocycles. The molecule has 0 saturated carbocycles. The van der Waals surface area contributed by atoms with Gasteiger partial charge in [-0.3, -0.25) is 9.69 Å². The molecule has 37 heavy (non-hydrogen) atoms. The van der Waals surface area contributed by atoms with Gasteiger partial charge in [0.25, 0.3) is 0 Å². The number of amides is 1. The van der Waals surface area contributed by atoms with Crippen molar-refractivity contribution in [2.24, 2.45) is 0 Å². The lowest BCUT2D eigenvalue weighted by atomic mass is 10.1. The maximum absolute atomic E-state index is 13.4. The average Bonchev–Trinajstić information content (AvgIpc) is 2.77. The molecule has 204 valence electrons. The summed E-state index contributed by atoms with van der Waals surface area (Å²) in [7, 11) is 1.42. The van der Waals surface area contributed by atoms with Crippen LogP contribution in [0.5, 0.6) is 5.75 Å². The van der Waals surface area contributed by atoms with E-state index in [4.69, 9.17) is 14.6 Å². The molecule has 2 aromatic rings. The lowest BCUT2D eigenvalue weighted by Crippen LogP contribution is -2.37. The summed E-state index contributed by atoms with van der Waals surface area (Å²) in [6.07, 6.45) is -10.1. The summed E-state index contributed by atoms with van der Waals surface area (Å²) in [5, 5.41) is 11.2. The maximum Gasteiger partial charge on any atom is 0.418 e. The Hall–Kier alpha value is -3.32. The van der Waals surface area contributed by atoms with E-state index in [2.05, 4.69) is 0 Å². The number of hydrogen-bond acceptors (Lipinski definition) is 5. The molecule has 1 amide bonds. The van der Waals surface area contributed by atoms with Gasteiger partial charge in [0.2, 0.25) is 5.91 Å². The molecule has 0 bridgehead atoms. The van der Waals surface area contributed by atoms with Crippen molar-refractivity contribution in [1.29, 1.82) is 0 Å². The third-order valence-corrected chi connectivity index (χ3v) is 5.12. The predicted molar refractivity (Wildman–Crippen MR) is 121 cm³/mol. The maximum atomic E-state index is 13.4. The van der Waals surface area contributed by atoms with Crippen molar-refractivity contribution in [2.75, 3.05) is 32.1 Å². The van der Waals surface area contributed by atoms with E-state index >= 15 is 0 Å². The molecule has 0 atom stereocenters. The van der Waals surface area contributed by atoms with E-state index in [1.54, 1.807) is 17.0 Å². The fourth-order valence-corrected chi connectivity index (χ4v) is 3.15. The van der Waals surface area contributed by atoms with Crippen LogP contribution < -0.4 is 10.1 Å². The highest BCUT2D eigenvalue weighted by atomic mass is 19.4. The first kappa shape index (κ1) is 29.9. The van der Waals surface area contributed by atoms with Gasteiger partial charge in [0, 0.05) is 20.2 Å². The lowest BCUT2D eigenvalue weighted by molar-refractivity contribution is -0.152. The normalized spacial score (nSPS) is 12.5. The van der Waals surface area contributed by atoms with E-state index in [0.717, 1.165) is 0 Å². The van der Waals surface area contributed by atoms with Crippen LogP contribution in [0.4, 0.5) is 32.0 Å². The number of carboxylic acids is 1. The number of halogens is 6. The van der Waals surface area contributed by atoms with E-state index in [1.165, 1.54) is 33.1 Å². The number of benzene rings is 2. The zero-order valence-electron chi connectivity index (χ0n) is 20.2. The van der Waals surface area contributed by atoms with Crippen molar-refractivity contribution in [3.8, 4) is 5.75 Å². The Labute approximate surface area is 209 Å². The Morgan fingerprint density at radius 3 is 2.11 bits per heavy atom.